The summed E-state index contributed by atoms with van der Waals surface area (Å²) in [5.41, 5.74) is 0.916. The van der Waals surface area contributed by atoms with Gasteiger partial charge in [0, 0.05) is 31.9 Å². The number of fused-ring (bicyclic) bond motifs is 1. The lowest BCUT2D eigenvalue weighted by molar-refractivity contribution is 0.112. The molecule has 0 aromatic carbocycles. The second kappa shape index (κ2) is 4.95. The molecule has 90 valence electrons. The van der Waals surface area contributed by atoms with E-state index in [9.17, 15) is 9.59 Å². The van der Waals surface area contributed by atoms with Gasteiger partial charge in [0.15, 0.2) is 6.29 Å². The second-order valence-electron chi connectivity index (χ2n) is 3.88. The number of rotatable bonds is 4. The van der Waals surface area contributed by atoms with Gasteiger partial charge in [-0.05, 0) is 13.3 Å². The van der Waals surface area contributed by atoms with Crippen LogP contribution in [0.5, 0.6) is 0 Å². The Morgan fingerprint density at radius 3 is 2.82 bits per heavy atom. The van der Waals surface area contributed by atoms with E-state index >= 15 is 0 Å². The molecule has 1 aromatic rings. The largest absolute Gasteiger partial charge is 0.298 e. The van der Waals surface area contributed by atoms with Crippen LogP contribution in [0, 0.1) is 0 Å². The number of aldehydes is 1. The zero-order valence-electron chi connectivity index (χ0n) is 9.80. The summed E-state index contributed by atoms with van der Waals surface area (Å²) in [4.78, 5) is 26.8. The van der Waals surface area contributed by atoms with E-state index < -0.39 is 0 Å². The second-order valence-corrected chi connectivity index (χ2v) is 3.88. The third kappa shape index (κ3) is 2.00. The van der Waals surface area contributed by atoms with E-state index in [4.69, 9.17) is 0 Å². The zero-order valence-corrected chi connectivity index (χ0v) is 9.80. The van der Waals surface area contributed by atoms with Crippen molar-refractivity contribution in [3.8, 4) is 0 Å². The fourth-order valence-corrected chi connectivity index (χ4v) is 2.15. The molecule has 0 saturated heterocycles. The summed E-state index contributed by atoms with van der Waals surface area (Å²) in [6.45, 7) is 3.35. The van der Waals surface area contributed by atoms with E-state index in [1.54, 1.807) is 17.1 Å². The summed E-state index contributed by atoms with van der Waals surface area (Å²) in [7, 11) is 0. The molecule has 0 unspecified atom stereocenters. The molecule has 0 amide bonds. The van der Waals surface area contributed by atoms with Gasteiger partial charge in [0.25, 0.3) is 5.56 Å². The van der Waals surface area contributed by atoms with Crippen LogP contribution in [0.4, 0.5) is 0 Å². The highest BCUT2D eigenvalue weighted by Crippen LogP contribution is 2.13. The third-order valence-electron chi connectivity index (χ3n) is 2.89. The number of nitrogens with zero attached hydrogens (tertiary/aromatic N) is 3. The SMILES string of the molecule is CC=N/C=C\Cc1c(C=O)c(=O)n2n1CCC2. The number of aromatic nitrogens is 2. The van der Waals surface area contributed by atoms with E-state index in [2.05, 4.69) is 4.99 Å². The van der Waals surface area contributed by atoms with Gasteiger partial charge in [-0.15, -0.1) is 0 Å². The number of allylic oxidation sites excluding steroid dienone is 1. The van der Waals surface area contributed by atoms with Crippen LogP contribution >= 0.6 is 0 Å². The van der Waals surface area contributed by atoms with Crippen LogP contribution < -0.4 is 5.56 Å². The Hall–Kier alpha value is -1.91. The molecule has 1 aromatic heterocycles. The summed E-state index contributed by atoms with van der Waals surface area (Å²) in [5.74, 6) is 0. The van der Waals surface area contributed by atoms with Crippen LogP contribution in [-0.4, -0.2) is 21.9 Å². The molecule has 0 saturated carbocycles. The van der Waals surface area contributed by atoms with Crippen molar-refractivity contribution in [2.75, 3.05) is 0 Å². The zero-order chi connectivity index (χ0) is 12.3. The molecule has 1 aliphatic heterocycles. The molecule has 0 aliphatic carbocycles. The monoisotopic (exact) mass is 233 g/mol. The first-order valence-electron chi connectivity index (χ1n) is 5.70. The maximum Gasteiger partial charge on any atom is 0.277 e. The fraction of sp³-hybridized carbons (Fsp3) is 0.417. The molecule has 17 heavy (non-hydrogen) atoms. The summed E-state index contributed by atoms with van der Waals surface area (Å²) < 4.78 is 3.56. The van der Waals surface area contributed by atoms with Crippen molar-refractivity contribution >= 4 is 12.5 Å². The van der Waals surface area contributed by atoms with Crippen LogP contribution in [0.1, 0.15) is 29.4 Å². The van der Waals surface area contributed by atoms with Crippen LogP contribution in [0.25, 0.3) is 0 Å². The quantitative estimate of drug-likeness (QED) is 0.575. The smallest absolute Gasteiger partial charge is 0.277 e. The summed E-state index contributed by atoms with van der Waals surface area (Å²) >= 11 is 0. The number of carbonyl (C=O) groups is 1. The third-order valence-corrected chi connectivity index (χ3v) is 2.89. The predicted molar refractivity (Wildman–Crippen MR) is 65.7 cm³/mol. The van der Waals surface area contributed by atoms with Gasteiger partial charge in [0.2, 0.25) is 0 Å². The predicted octanol–water partition coefficient (Wildman–Crippen LogP) is 1.01. The highest BCUT2D eigenvalue weighted by Gasteiger charge is 2.21. The molecule has 1 aliphatic rings. The topological polar surface area (TPSA) is 56.4 Å². The lowest BCUT2D eigenvalue weighted by atomic mass is 10.2. The van der Waals surface area contributed by atoms with Gasteiger partial charge in [0.05, 0.1) is 5.69 Å². The molecule has 5 nitrogen and oxygen atoms in total. The van der Waals surface area contributed by atoms with Crippen LogP contribution in [0.3, 0.4) is 0 Å². The Kier molecular flexibility index (Phi) is 3.37. The van der Waals surface area contributed by atoms with Crippen molar-refractivity contribution in [1.82, 2.24) is 9.36 Å². The summed E-state index contributed by atoms with van der Waals surface area (Å²) in [6, 6.07) is 0. The number of aliphatic imine (C=N–C) groups is 1. The normalized spacial score (nSPS) is 14.9. The molecule has 0 radical (unpaired) electrons. The average molecular weight is 233 g/mol. The highest BCUT2D eigenvalue weighted by atomic mass is 16.1. The first kappa shape index (κ1) is 11.6. The average Bonchev–Trinajstić information content (AvgIpc) is 2.88. The highest BCUT2D eigenvalue weighted by molar-refractivity contribution is 5.76. The molecular formula is C12H15N3O2. The molecular weight excluding hydrogens is 218 g/mol. The molecule has 2 rings (SSSR count). The first-order valence-corrected chi connectivity index (χ1v) is 5.70. The Bertz CT molecular complexity index is 535. The van der Waals surface area contributed by atoms with Crippen LogP contribution in [0.2, 0.25) is 0 Å². The standard InChI is InChI=1S/C12H15N3O2/c1-2-13-6-3-5-11-10(9-16)12(17)15-8-4-7-14(11)15/h2-3,6,9H,4-5,7-8H2,1H3/b6-3-,13-2?. The fourth-order valence-electron chi connectivity index (χ4n) is 2.15. The Balaban J connectivity index is 2.35. The lowest BCUT2D eigenvalue weighted by Gasteiger charge is -2.03. The van der Waals surface area contributed by atoms with Crippen molar-refractivity contribution in [3.63, 3.8) is 0 Å². The van der Waals surface area contributed by atoms with E-state index in [0.717, 1.165) is 18.7 Å². The summed E-state index contributed by atoms with van der Waals surface area (Å²) in [6.07, 6.45) is 7.40. The number of carbonyl (C=O) groups excluding carboxylic acids is 1. The minimum Gasteiger partial charge on any atom is -0.298 e. The molecule has 5 heteroatoms. The van der Waals surface area contributed by atoms with Crippen molar-refractivity contribution in [3.05, 3.63) is 33.9 Å². The van der Waals surface area contributed by atoms with Gasteiger partial charge in [-0.25, -0.2) is 4.68 Å². The molecule has 0 atom stereocenters. The van der Waals surface area contributed by atoms with Crippen molar-refractivity contribution < 1.29 is 4.79 Å². The van der Waals surface area contributed by atoms with E-state index in [0.29, 0.717) is 19.3 Å². The van der Waals surface area contributed by atoms with E-state index in [1.165, 1.54) is 0 Å². The Labute approximate surface area is 99.1 Å². The van der Waals surface area contributed by atoms with Crippen molar-refractivity contribution in [2.45, 2.75) is 32.9 Å². The van der Waals surface area contributed by atoms with Gasteiger partial charge in [-0.2, -0.15) is 0 Å². The minimum absolute atomic E-state index is 0.167. The van der Waals surface area contributed by atoms with Gasteiger partial charge in [-0.3, -0.25) is 19.3 Å². The van der Waals surface area contributed by atoms with Crippen molar-refractivity contribution in [1.29, 1.82) is 0 Å². The van der Waals surface area contributed by atoms with Crippen molar-refractivity contribution in [2.24, 2.45) is 4.99 Å². The van der Waals surface area contributed by atoms with Gasteiger partial charge >= 0.3 is 0 Å². The van der Waals surface area contributed by atoms with Crippen LogP contribution in [-0.2, 0) is 19.5 Å². The maximum atomic E-state index is 11.9. The molecule has 0 spiro atoms. The minimum atomic E-state index is -0.167. The van der Waals surface area contributed by atoms with Gasteiger partial charge in [0.1, 0.15) is 5.56 Å². The Morgan fingerprint density at radius 1 is 1.35 bits per heavy atom. The molecule has 0 fully saturated rings. The first-order chi connectivity index (χ1) is 8.29. The Morgan fingerprint density at radius 2 is 2.12 bits per heavy atom. The maximum absolute atomic E-state index is 11.9. The number of hydrogen-bond acceptors (Lipinski definition) is 3. The molecule has 0 N–H and O–H groups in total. The van der Waals surface area contributed by atoms with E-state index in [1.807, 2.05) is 17.7 Å². The molecule has 0 bridgehead atoms. The van der Waals surface area contributed by atoms with E-state index in [-0.39, 0.29) is 11.1 Å². The lowest BCUT2D eigenvalue weighted by Crippen LogP contribution is -2.18. The number of hydrogen-bond donors (Lipinski definition) is 0. The molecule has 2 heterocycles. The van der Waals surface area contributed by atoms with Crippen LogP contribution in [0.15, 0.2) is 22.1 Å². The summed E-state index contributed by atoms with van der Waals surface area (Å²) in [5, 5.41) is 0. The van der Waals surface area contributed by atoms with Gasteiger partial charge in [-0.1, -0.05) is 6.08 Å². The van der Waals surface area contributed by atoms with Gasteiger partial charge < -0.3 is 0 Å².